The van der Waals surface area contributed by atoms with Gasteiger partial charge in [-0.15, -0.1) is 0 Å². The lowest BCUT2D eigenvalue weighted by atomic mass is 9.98. The van der Waals surface area contributed by atoms with Gasteiger partial charge in [0.05, 0.1) is 52.1 Å². The van der Waals surface area contributed by atoms with E-state index in [1.807, 2.05) is 127 Å². The summed E-state index contributed by atoms with van der Waals surface area (Å²) in [7, 11) is -2.85. The molecule has 0 aliphatic carbocycles. The lowest BCUT2D eigenvalue weighted by Gasteiger charge is -2.45. The van der Waals surface area contributed by atoms with E-state index in [4.69, 9.17) is 37.3 Å². The van der Waals surface area contributed by atoms with E-state index >= 15 is 0 Å². The summed E-state index contributed by atoms with van der Waals surface area (Å²) >= 11 is 0. The minimum atomic E-state index is -4.35. The minimum absolute atomic E-state index is 0.0195. The molecule has 0 N–H and O–H groups in total. The normalized spacial score (nSPS) is 21.8. The van der Waals surface area contributed by atoms with E-state index < -0.39 is 38.5 Å². The Balaban J connectivity index is 1.46. The van der Waals surface area contributed by atoms with Crippen LogP contribution in [0.2, 0.25) is 0 Å². The summed E-state index contributed by atoms with van der Waals surface area (Å²) in [6.45, 7) is 0.574. The molecule has 1 saturated heterocycles. The first-order chi connectivity index (χ1) is 24.1. The first kappa shape index (κ1) is 36.6. The van der Waals surface area contributed by atoms with Crippen LogP contribution in [0.4, 0.5) is 0 Å². The number of phosphoric ester groups is 1. The number of phosphoric acid groups is 1. The molecule has 1 unspecified atom stereocenters. The molecule has 4 aromatic rings. The maximum absolute atomic E-state index is 14.5. The first-order valence-electron chi connectivity index (χ1n) is 16.2. The second-order valence-electron chi connectivity index (χ2n) is 11.3. The van der Waals surface area contributed by atoms with Gasteiger partial charge in [0, 0.05) is 7.11 Å². The van der Waals surface area contributed by atoms with Crippen molar-refractivity contribution in [3.8, 4) is 6.07 Å². The third-order valence-electron chi connectivity index (χ3n) is 7.73. The van der Waals surface area contributed by atoms with E-state index in [-0.39, 0.29) is 39.5 Å². The zero-order chi connectivity index (χ0) is 34.2. The Hall–Kier alpha value is -3.72. The molecule has 10 nitrogen and oxygen atoms in total. The summed E-state index contributed by atoms with van der Waals surface area (Å²) in [5, 5.41) is 9.21. The number of hydrogen-bond donors (Lipinski definition) is 0. The van der Waals surface area contributed by atoms with E-state index in [0.29, 0.717) is 6.61 Å². The van der Waals surface area contributed by atoms with Crippen LogP contribution in [0.5, 0.6) is 0 Å². The third-order valence-corrected chi connectivity index (χ3v) is 9.18. The fourth-order valence-corrected chi connectivity index (χ4v) is 6.63. The molecule has 0 radical (unpaired) electrons. The summed E-state index contributed by atoms with van der Waals surface area (Å²) < 4.78 is 63.9. The average Bonchev–Trinajstić information content (AvgIpc) is 3.15. The van der Waals surface area contributed by atoms with Gasteiger partial charge in [0.2, 0.25) is 0 Å². The highest BCUT2D eigenvalue weighted by Gasteiger charge is 2.52. The van der Waals surface area contributed by atoms with Crippen molar-refractivity contribution < 1.29 is 41.8 Å². The molecule has 0 aromatic heterocycles. The summed E-state index contributed by atoms with van der Waals surface area (Å²) in [5.74, 6) is 0. The van der Waals surface area contributed by atoms with Gasteiger partial charge in [-0.1, -0.05) is 121 Å². The van der Waals surface area contributed by atoms with Crippen molar-refractivity contribution in [1.29, 1.82) is 5.26 Å². The van der Waals surface area contributed by atoms with Crippen LogP contribution in [0.25, 0.3) is 0 Å². The van der Waals surface area contributed by atoms with E-state index in [1.54, 1.807) is 0 Å². The molecule has 258 valence electrons. The van der Waals surface area contributed by atoms with Gasteiger partial charge in [-0.25, -0.2) is 4.57 Å². The van der Waals surface area contributed by atoms with Crippen LogP contribution in [-0.2, 0) is 68.2 Å². The lowest BCUT2D eigenvalue weighted by Crippen LogP contribution is -2.61. The van der Waals surface area contributed by atoms with Gasteiger partial charge in [-0.3, -0.25) is 13.6 Å². The molecule has 0 spiro atoms. The van der Waals surface area contributed by atoms with Crippen LogP contribution in [0.3, 0.4) is 0 Å². The maximum Gasteiger partial charge on any atom is 0.475 e. The molecule has 0 saturated carbocycles. The van der Waals surface area contributed by atoms with E-state index in [9.17, 15) is 9.83 Å². The second kappa shape index (κ2) is 19.5. The van der Waals surface area contributed by atoms with Crippen LogP contribution in [0.15, 0.2) is 121 Å². The Bertz CT molecular complexity index is 1590. The standard InChI is InChI=1S/C38H42NO9P/c1-41-38-37(44-27-32-19-10-4-11-20-32)36(48-49(40,45-24-14-23-39)46-28-33-21-12-5-13-22-33)35(43-26-31-17-8-3-9-18-31)34(47-38)29-42-25-30-15-6-2-7-16-30/h2-13,15-22,34-38H,14,24-29H2,1H3/t34-,35-,36+,37+,38+,49?/m1/s1. The van der Waals surface area contributed by atoms with Crippen molar-refractivity contribution in [3.05, 3.63) is 144 Å². The minimum Gasteiger partial charge on any atom is -0.374 e. The fraction of sp³-hybridized carbons (Fsp3) is 0.342. The predicted molar refractivity (Wildman–Crippen MR) is 182 cm³/mol. The van der Waals surface area contributed by atoms with Crippen molar-refractivity contribution in [2.75, 3.05) is 20.3 Å². The lowest BCUT2D eigenvalue weighted by molar-refractivity contribution is -0.312. The second-order valence-corrected chi connectivity index (χ2v) is 12.9. The number of benzene rings is 4. The van der Waals surface area contributed by atoms with Gasteiger partial charge in [0.15, 0.2) is 6.29 Å². The number of methoxy groups -OCH3 is 1. The summed E-state index contributed by atoms with van der Waals surface area (Å²) in [6.07, 6.45) is -4.62. The largest absolute Gasteiger partial charge is 0.475 e. The Morgan fingerprint density at radius 1 is 0.653 bits per heavy atom. The highest BCUT2D eigenvalue weighted by Crippen LogP contribution is 2.53. The molecular formula is C38H42NO9P. The molecular weight excluding hydrogens is 645 g/mol. The molecule has 1 aliphatic rings. The molecule has 6 atom stereocenters. The Morgan fingerprint density at radius 3 is 1.65 bits per heavy atom. The number of nitrogens with zero attached hydrogens (tertiary/aromatic N) is 1. The maximum atomic E-state index is 14.5. The van der Waals surface area contributed by atoms with Crippen molar-refractivity contribution in [2.24, 2.45) is 0 Å². The Labute approximate surface area is 288 Å². The zero-order valence-corrected chi connectivity index (χ0v) is 28.3. The van der Waals surface area contributed by atoms with Gasteiger partial charge in [0.1, 0.15) is 24.4 Å². The van der Waals surface area contributed by atoms with Gasteiger partial charge < -0.3 is 23.7 Å². The summed E-state index contributed by atoms with van der Waals surface area (Å²) in [4.78, 5) is 0. The molecule has 1 fully saturated rings. The highest BCUT2D eigenvalue weighted by atomic mass is 31.2. The van der Waals surface area contributed by atoms with E-state index in [1.165, 1.54) is 7.11 Å². The van der Waals surface area contributed by atoms with E-state index in [0.717, 1.165) is 22.3 Å². The SMILES string of the molecule is CO[C@H]1O[C@H](COCc2ccccc2)[C@@H](OCc2ccccc2)[C@H](OP(=O)(OCCC#N)OCc2ccccc2)[C@@H]1OCc1ccccc1. The molecule has 49 heavy (non-hydrogen) atoms. The van der Waals surface area contributed by atoms with Crippen LogP contribution in [0, 0.1) is 11.3 Å². The topological polar surface area (TPSA) is 115 Å². The Morgan fingerprint density at radius 2 is 1.14 bits per heavy atom. The summed E-state index contributed by atoms with van der Waals surface area (Å²) in [6, 6.07) is 40.3. The van der Waals surface area contributed by atoms with Crippen molar-refractivity contribution in [3.63, 3.8) is 0 Å². The van der Waals surface area contributed by atoms with Gasteiger partial charge >= 0.3 is 7.82 Å². The number of ether oxygens (including phenoxy) is 5. The Kier molecular flexibility index (Phi) is 14.5. The number of nitriles is 1. The van der Waals surface area contributed by atoms with Crippen LogP contribution in [0.1, 0.15) is 28.7 Å². The molecule has 5 rings (SSSR count). The van der Waals surface area contributed by atoms with Gasteiger partial charge in [-0.2, -0.15) is 5.26 Å². The molecule has 4 aromatic carbocycles. The molecule has 1 heterocycles. The van der Waals surface area contributed by atoms with Crippen LogP contribution >= 0.6 is 7.82 Å². The highest BCUT2D eigenvalue weighted by molar-refractivity contribution is 7.48. The number of rotatable bonds is 19. The van der Waals surface area contributed by atoms with Crippen molar-refractivity contribution in [2.45, 2.75) is 63.6 Å². The van der Waals surface area contributed by atoms with Crippen molar-refractivity contribution in [1.82, 2.24) is 0 Å². The van der Waals surface area contributed by atoms with Gasteiger partial charge in [0.25, 0.3) is 0 Å². The predicted octanol–water partition coefficient (Wildman–Crippen LogP) is 7.39. The molecule has 0 amide bonds. The zero-order valence-electron chi connectivity index (χ0n) is 27.5. The van der Waals surface area contributed by atoms with Gasteiger partial charge in [-0.05, 0) is 22.3 Å². The average molecular weight is 688 g/mol. The molecule has 0 bridgehead atoms. The van der Waals surface area contributed by atoms with Crippen molar-refractivity contribution >= 4 is 7.82 Å². The third kappa shape index (κ3) is 11.4. The summed E-state index contributed by atoms with van der Waals surface area (Å²) in [5.41, 5.74) is 3.57. The quantitative estimate of drug-likeness (QED) is 0.0730. The molecule has 11 heteroatoms. The van der Waals surface area contributed by atoms with Crippen LogP contribution in [-0.4, -0.2) is 51.0 Å². The van der Waals surface area contributed by atoms with Crippen LogP contribution < -0.4 is 0 Å². The first-order valence-corrected chi connectivity index (χ1v) is 17.6. The van der Waals surface area contributed by atoms with E-state index in [2.05, 4.69) is 0 Å². The number of hydrogen-bond acceptors (Lipinski definition) is 10. The molecule has 1 aliphatic heterocycles. The monoisotopic (exact) mass is 687 g/mol. The smallest absolute Gasteiger partial charge is 0.374 e. The fourth-order valence-electron chi connectivity index (χ4n) is 5.28.